The van der Waals surface area contributed by atoms with Gasteiger partial charge in [0.15, 0.2) is 5.96 Å². The van der Waals surface area contributed by atoms with Gasteiger partial charge in [-0.15, -0.1) is 24.0 Å². The van der Waals surface area contributed by atoms with Crippen molar-refractivity contribution in [2.45, 2.75) is 70.1 Å². The number of guanidine groups is 1. The SMILES string of the molecule is CN=C(NCCCCN1CCCCC1C)N1CCOC(C2CCCO2)C1.I. The quantitative estimate of drug-likeness (QED) is 0.267. The molecule has 0 spiro atoms. The van der Waals surface area contributed by atoms with Gasteiger partial charge < -0.3 is 24.6 Å². The summed E-state index contributed by atoms with van der Waals surface area (Å²) in [5.74, 6) is 1.02. The van der Waals surface area contributed by atoms with Gasteiger partial charge >= 0.3 is 0 Å². The van der Waals surface area contributed by atoms with Gasteiger partial charge in [-0.1, -0.05) is 6.42 Å². The molecule has 0 bridgehead atoms. The van der Waals surface area contributed by atoms with E-state index in [9.17, 15) is 0 Å². The standard InChI is InChI=1S/C20H38N4O2.HI/c1-17-8-3-5-11-23(17)12-6-4-10-22-20(21-2)24-13-15-26-19(16-24)18-9-7-14-25-18;/h17-19H,3-16H2,1-2H3,(H,21,22);1H. The minimum atomic E-state index is 0. The second-order valence-electron chi connectivity index (χ2n) is 7.97. The maximum Gasteiger partial charge on any atom is 0.193 e. The molecule has 1 N–H and O–H groups in total. The molecule has 3 fully saturated rings. The molecule has 3 aliphatic rings. The topological polar surface area (TPSA) is 49.3 Å². The molecule has 0 amide bonds. The Bertz CT molecular complexity index is 446. The minimum absolute atomic E-state index is 0. The smallest absolute Gasteiger partial charge is 0.193 e. The monoisotopic (exact) mass is 494 g/mol. The number of hydrogen-bond donors (Lipinski definition) is 1. The normalized spacial score (nSPS) is 30.2. The molecule has 158 valence electrons. The highest BCUT2D eigenvalue weighted by Gasteiger charge is 2.32. The van der Waals surface area contributed by atoms with Crippen LogP contribution in [-0.2, 0) is 9.47 Å². The van der Waals surface area contributed by atoms with Gasteiger partial charge in [-0.2, -0.15) is 0 Å². The van der Waals surface area contributed by atoms with Crippen molar-refractivity contribution in [2.75, 3.05) is 53.0 Å². The van der Waals surface area contributed by atoms with E-state index >= 15 is 0 Å². The number of nitrogens with one attached hydrogen (secondary N) is 1. The Balaban J connectivity index is 0.00000261. The molecule has 0 aromatic heterocycles. The summed E-state index contributed by atoms with van der Waals surface area (Å²) >= 11 is 0. The molecule has 3 rings (SSSR count). The maximum atomic E-state index is 5.95. The third kappa shape index (κ3) is 7.01. The molecule has 3 atom stereocenters. The van der Waals surface area contributed by atoms with Crippen molar-refractivity contribution in [3.63, 3.8) is 0 Å². The summed E-state index contributed by atoms with van der Waals surface area (Å²) in [4.78, 5) is 9.49. The first-order valence-electron chi connectivity index (χ1n) is 10.7. The number of likely N-dealkylation sites (tertiary alicyclic amines) is 1. The largest absolute Gasteiger partial charge is 0.375 e. The Kier molecular flexibility index (Phi) is 10.7. The molecular weight excluding hydrogens is 455 g/mol. The van der Waals surface area contributed by atoms with Gasteiger partial charge in [0.2, 0.25) is 0 Å². The number of halogens is 1. The number of nitrogens with zero attached hydrogens (tertiary/aromatic N) is 3. The van der Waals surface area contributed by atoms with Crippen LogP contribution in [0.5, 0.6) is 0 Å². The van der Waals surface area contributed by atoms with Crippen molar-refractivity contribution in [1.29, 1.82) is 0 Å². The van der Waals surface area contributed by atoms with Crippen LogP contribution in [0.4, 0.5) is 0 Å². The molecule has 3 saturated heterocycles. The Morgan fingerprint density at radius 1 is 1.04 bits per heavy atom. The number of ether oxygens (including phenoxy) is 2. The highest BCUT2D eigenvalue weighted by Crippen LogP contribution is 2.21. The predicted octanol–water partition coefficient (Wildman–Crippen LogP) is 2.71. The van der Waals surface area contributed by atoms with Crippen LogP contribution in [0.15, 0.2) is 4.99 Å². The molecule has 0 aromatic carbocycles. The van der Waals surface area contributed by atoms with Gasteiger partial charge in [0.05, 0.1) is 12.7 Å². The van der Waals surface area contributed by atoms with Gasteiger partial charge in [0, 0.05) is 39.3 Å². The fourth-order valence-corrected chi connectivity index (χ4v) is 4.45. The molecule has 0 saturated carbocycles. The number of piperidine rings is 1. The first-order chi connectivity index (χ1) is 12.8. The summed E-state index contributed by atoms with van der Waals surface area (Å²) in [7, 11) is 1.88. The number of morpholine rings is 1. The molecule has 27 heavy (non-hydrogen) atoms. The van der Waals surface area contributed by atoms with Gasteiger partial charge in [-0.05, 0) is 58.5 Å². The van der Waals surface area contributed by atoms with Crippen LogP contribution in [0.1, 0.15) is 51.9 Å². The summed E-state index contributed by atoms with van der Waals surface area (Å²) < 4.78 is 11.8. The average molecular weight is 494 g/mol. The van der Waals surface area contributed by atoms with Gasteiger partial charge in [0.1, 0.15) is 6.10 Å². The Morgan fingerprint density at radius 2 is 1.89 bits per heavy atom. The van der Waals surface area contributed by atoms with E-state index in [4.69, 9.17) is 9.47 Å². The van der Waals surface area contributed by atoms with E-state index in [0.717, 1.165) is 57.7 Å². The van der Waals surface area contributed by atoms with E-state index in [-0.39, 0.29) is 36.2 Å². The van der Waals surface area contributed by atoms with E-state index < -0.39 is 0 Å². The van der Waals surface area contributed by atoms with E-state index in [1.165, 1.54) is 45.2 Å². The Labute approximate surface area is 182 Å². The van der Waals surface area contributed by atoms with Crippen molar-refractivity contribution in [1.82, 2.24) is 15.1 Å². The lowest BCUT2D eigenvalue weighted by Crippen LogP contribution is -2.53. The van der Waals surface area contributed by atoms with Crippen LogP contribution < -0.4 is 5.32 Å². The van der Waals surface area contributed by atoms with Gasteiger partial charge in [0.25, 0.3) is 0 Å². The van der Waals surface area contributed by atoms with Crippen LogP contribution in [0, 0.1) is 0 Å². The second kappa shape index (κ2) is 12.4. The molecule has 3 aliphatic heterocycles. The maximum absolute atomic E-state index is 5.95. The van der Waals surface area contributed by atoms with Crippen molar-refractivity contribution < 1.29 is 9.47 Å². The molecule has 0 radical (unpaired) electrons. The van der Waals surface area contributed by atoms with Crippen molar-refractivity contribution in [2.24, 2.45) is 4.99 Å². The van der Waals surface area contributed by atoms with Crippen LogP contribution in [0.2, 0.25) is 0 Å². The second-order valence-corrected chi connectivity index (χ2v) is 7.97. The fourth-order valence-electron chi connectivity index (χ4n) is 4.45. The van der Waals surface area contributed by atoms with E-state index in [2.05, 4.69) is 27.0 Å². The minimum Gasteiger partial charge on any atom is -0.375 e. The van der Waals surface area contributed by atoms with E-state index in [1.807, 2.05) is 7.05 Å². The van der Waals surface area contributed by atoms with Crippen LogP contribution in [0.3, 0.4) is 0 Å². The van der Waals surface area contributed by atoms with Gasteiger partial charge in [-0.3, -0.25) is 4.99 Å². The third-order valence-electron chi connectivity index (χ3n) is 6.08. The first-order valence-corrected chi connectivity index (χ1v) is 10.7. The third-order valence-corrected chi connectivity index (χ3v) is 6.08. The molecule has 7 heteroatoms. The summed E-state index contributed by atoms with van der Waals surface area (Å²) in [5.41, 5.74) is 0. The molecule has 3 unspecified atom stereocenters. The lowest BCUT2D eigenvalue weighted by atomic mass is 10.0. The highest BCUT2D eigenvalue weighted by molar-refractivity contribution is 14.0. The number of aliphatic imine (C=N–C) groups is 1. The zero-order valence-corrected chi connectivity index (χ0v) is 19.5. The van der Waals surface area contributed by atoms with E-state index in [0.29, 0.717) is 0 Å². The summed E-state index contributed by atoms with van der Waals surface area (Å²) in [5, 5.41) is 3.56. The zero-order chi connectivity index (χ0) is 18.2. The number of rotatable bonds is 6. The number of hydrogen-bond acceptors (Lipinski definition) is 4. The highest BCUT2D eigenvalue weighted by atomic mass is 127. The summed E-state index contributed by atoms with van der Waals surface area (Å²) in [6.07, 6.45) is 9.34. The molecule has 3 heterocycles. The van der Waals surface area contributed by atoms with Gasteiger partial charge in [-0.25, -0.2) is 0 Å². The molecular formula is C20H39IN4O2. The van der Waals surface area contributed by atoms with E-state index in [1.54, 1.807) is 0 Å². The van der Waals surface area contributed by atoms with Crippen LogP contribution in [-0.4, -0.2) is 87.0 Å². The van der Waals surface area contributed by atoms with Crippen molar-refractivity contribution in [3.8, 4) is 0 Å². The number of unbranched alkanes of at least 4 members (excludes halogenated alkanes) is 1. The molecule has 0 aliphatic carbocycles. The molecule has 0 aromatic rings. The Hall–Kier alpha value is -0.120. The van der Waals surface area contributed by atoms with Crippen molar-refractivity contribution >= 4 is 29.9 Å². The fraction of sp³-hybridized carbons (Fsp3) is 0.950. The predicted molar refractivity (Wildman–Crippen MR) is 121 cm³/mol. The van der Waals surface area contributed by atoms with Crippen LogP contribution in [0.25, 0.3) is 0 Å². The van der Waals surface area contributed by atoms with Crippen LogP contribution >= 0.6 is 24.0 Å². The zero-order valence-electron chi connectivity index (χ0n) is 17.2. The average Bonchev–Trinajstić information content (AvgIpc) is 3.21. The lowest BCUT2D eigenvalue weighted by Gasteiger charge is -2.37. The lowest BCUT2D eigenvalue weighted by molar-refractivity contribution is -0.0816. The summed E-state index contributed by atoms with van der Waals surface area (Å²) in [6, 6.07) is 0.771. The summed E-state index contributed by atoms with van der Waals surface area (Å²) in [6.45, 7) is 9.34. The Morgan fingerprint density at radius 3 is 2.63 bits per heavy atom. The van der Waals surface area contributed by atoms with Crippen molar-refractivity contribution in [3.05, 3.63) is 0 Å². The first kappa shape index (κ1) is 23.2. The molecule has 6 nitrogen and oxygen atoms in total.